The molecule has 0 bridgehead atoms. The number of piperidine rings is 1. The highest BCUT2D eigenvalue weighted by atomic mass is 19.1. The van der Waals surface area contributed by atoms with E-state index in [-0.39, 0.29) is 5.82 Å². The molecular weight excluding hydrogens is 305 g/mol. The van der Waals surface area contributed by atoms with Crippen LogP contribution >= 0.6 is 0 Å². The van der Waals surface area contributed by atoms with Gasteiger partial charge in [-0.2, -0.15) is 10.2 Å². The summed E-state index contributed by atoms with van der Waals surface area (Å²) in [6, 6.07) is 8.84. The fourth-order valence-electron chi connectivity index (χ4n) is 3.50. The van der Waals surface area contributed by atoms with Gasteiger partial charge in [0.2, 0.25) is 0 Å². The van der Waals surface area contributed by atoms with Crippen LogP contribution in [-0.2, 0) is 6.54 Å². The van der Waals surface area contributed by atoms with E-state index in [0.29, 0.717) is 5.92 Å². The number of hydrogen-bond donors (Lipinski definition) is 1. The van der Waals surface area contributed by atoms with Gasteiger partial charge in [-0.25, -0.2) is 9.07 Å². The number of H-pyrrole nitrogens is 1. The predicted molar refractivity (Wildman–Crippen MR) is 89.4 cm³/mol. The van der Waals surface area contributed by atoms with Gasteiger partial charge in [0.25, 0.3) is 0 Å². The molecule has 1 atom stereocenters. The van der Waals surface area contributed by atoms with Gasteiger partial charge in [0.15, 0.2) is 0 Å². The molecule has 0 spiro atoms. The van der Waals surface area contributed by atoms with E-state index >= 15 is 0 Å². The molecule has 3 heterocycles. The average Bonchev–Trinajstić information content (AvgIpc) is 3.29. The third-order valence-corrected chi connectivity index (χ3v) is 4.65. The van der Waals surface area contributed by atoms with Crippen LogP contribution in [-0.4, -0.2) is 38.0 Å². The van der Waals surface area contributed by atoms with E-state index in [1.807, 2.05) is 18.3 Å². The number of likely N-dealkylation sites (tertiary alicyclic amines) is 1. The summed E-state index contributed by atoms with van der Waals surface area (Å²) in [5, 5.41) is 11.4. The molecule has 24 heavy (non-hydrogen) atoms. The van der Waals surface area contributed by atoms with Crippen LogP contribution in [0, 0.1) is 5.82 Å². The minimum atomic E-state index is -0.206. The van der Waals surface area contributed by atoms with Crippen molar-refractivity contribution in [1.29, 1.82) is 0 Å². The van der Waals surface area contributed by atoms with Gasteiger partial charge in [0.05, 0.1) is 5.69 Å². The fourth-order valence-corrected chi connectivity index (χ4v) is 3.50. The van der Waals surface area contributed by atoms with E-state index in [2.05, 4.69) is 20.2 Å². The van der Waals surface area contributed by atoms with Crippen molar-refractivity contribution >= 4 is 0 Å². The fraction of sp³-hybridized carbons (Fsp3) is 0.333. The minimum Gasteiger partial charge on any atom is -0.298 e. The van der Waals surface area contributed by atoms with Crippen LogP contribution in [0.4, 0.5) is 4.39 Å². The second kappa shape index (κ2) is 6.57. The molecule has 0 unspecified atom stereocenters. The molecule has 2 aromatic heterocycles. The molecule has 0 saturated carbocycles. The lowest BCUT2D eigenvalue weighted by Gasteiger charge is -2.32. The second-order valence-corrected chi connectivity index (χ2v) is 6.31. The topological polar surface area (TPSA) is 49.7 Å². The van der Waals surface area contributed by atoms with E-state index < -0.39 is 0 Å². The third kappa shape index (κ3) is 3.10. The summed E-state index contributed by atoms with van der Waals surface area (Å²) in [7, 11) is 0. The maximum Gasteiger partial charge on any atom is 0.123 e. The largest absolute Gasteiger partial charge is 0.298 e. The molecule has 1 aromatic carbocycles. The van der Waals surface area contributed by atoms with Crippen molar-refractivity contribution in [2.75, 3.05) is 13.1 Å². The maximum absolute atomic E-state index is 13.8. The first-order valence-corrected chi connectivity index (χ1v) is 8.29. The van der Waals surface area contributed by atoms with Crippen LogP contribution in [0.1, 0.15) is 30.0 Å². The molecular formula is C18H20FN5. The maximum atomic E-state index is 13.8. The summed E-state index contributed by atoms with van der Waals surface area (Å²) in [5.41, 5.74) is 3.08. The number of nitrogens with one attached hydrogen (secondary N) is 1. The summed E-state index contributed by atoms with van der Waals surface area (Å²) in [4.78, 5) is 2.39. The lowest BCUT2D eigenvalue weighted by Crippen LogP contribution is -2.34. The van der Waals surface area contributed by atoms with Gasteiger partial charge < -0.3 is 0 Å². The molecule has 1 aliphatic rings. The Hall–Kier alpha value is -2.47. The molecule has 1 aliphatic heterocycles. The number of halogens is 1. The summed E-state index contributed by atoms with van der Waals surface area (Å²) < 4.78 is 15.6. The van der Waals surface area contributed by atoms with Crippen molar-refractivity contribution in [3.05, 3.63) is 66.0 Å². The first-order valence-electron chi connectivity index (χ1n) is 8.29. The number of rotatable bonds is 4. The Labute approximate surface area is 140 Å². The van der Waals surface area contributed by atoms with E-state index in [9.17, 15) is 4.39 Å². The zero-order chi connectivity index (χ0) is 16.4. The summed E-state index contributed by atoms with van der Waals surface area (Å²) >= 11 is 0. The normalized spacial score (nSPS) is 18.8. The first kappa shape index (κ1) is 15.1. The van der Waals surface area contributed by atoms with Crippen molar-refractivity contribution in [3.8, 4) is 5.69 Å². The van der Waals surface area contributed by atoms with Crippen LogP contribution in [0.15, 0.2) is 48.9 Å². The zero-order valence-electron chi connectivity index (χ0n) is 13.4. The van der Waals surface area contributed by atoms with E-state index in [0.717, 1.165) is 43.7 Å². The first-order chi connectivity index (χ1) is 11.8. The lowest BCUT2D eigenvalue weighted by atomic mass is 9.94. The van der Waals surface area contributed by atoms with Gasteiger partial charge >= 0.3 is 0 Å². The lowest BCUT2D eigenvalue weighted by molar-refractivity contribution is 0.198. The van der Waals surface area contributed by atoms with E-state index in [1.165, 1.54) is 11.8 Å². The Bertz CT molecular complexity index is 782. The van der Waals surface area contributed by atoms with Gasteiger partial charge in [-0.05, 0) is 55.3 Å². The number of nitrogens with zero attached hydrogens (tertiary/aromatic N) is 4. The standard InChI is InChI=1S/C18H20FN5/c19-16-4-5-18(24-10-2-7-21-24)15(11-16)13-23-9-1-3-14(12-23)17-6-8-20-22-17/h2,4-8,10-11,14H,1,3,9,12-13H2,(H,20,22)/t14-/m1/s1. The Morgan fingerprint density at radius 1 is 1.25 bits per heavy atom. The van der Waals surface area contributed by atoms with Crippen molar-refractivity contribution in [2.45, 2.75) is 25.3 Å². The quantitative estimate of drug-likeness (QED) is 0.802. The van der Waals surface area contributed by atoms with Crippen LogP contribution in [0.5, 0.6) is 0 Å². The SMILES string of the molecule is Fc1ccc(-n2cccn2)c(CN2CCC[C@@H](c3ccn[nH]3)C2)c1. The van der Waals surface area contributed by atoms with Crippen LogP contribution in [0.2, 0.25) is 0 Å². The smallest absolute Gasteiger partial charge is 0.123 e. The van der Waals surface area contributed by atoms with Crippen LogP contribution in [0.25, 0.3) is 5.69 Å². The molecule has 0 aliphatic carbocycles. The highest BCUT2D eigenvalue weighted by Crippen LogP contribution is 2.27. The Morgan fingerprint density at radius 2 is 2.21 bits per heavy atom. The highest BCUT2D eigenvalue weighted by Gasteiger charge is 2.23. The van der Waals surface area contributed by atoms with Crippen LogP contribution < -0.4 is 0 Å². The molecule has 0 radical (unpaired) electrons. The summed E-state index contributed by atoms with van der Waals surface area (Å²) in [5.74, 6) is 0.256. The summed E-state index contributed by atoms with van der Waals surface area (Å²) in [6.45, 7) is 2.70. The molecule has 124 valence electrons. The molecule has 6 heteroatoms. The van der Waals surface area contributed by atoms with E-state index in [1.54, 1.807) is 29.2 Å². The third-order valence-electron chi connectivity index (χ3n) is 4.65. The van der Waals surface area contributed by atoms with E-state index in [4.69, 9.17) is 0 Å². The molecule has 4 rings (SSSR count). The van der Waals surface area contributed by atoms with Gasteiger partial charge in [0, 0.05) is 43.3 Å². The number of benzene rings is 1. The average molecular weight is 325 g/mol. The van der Waals surface area contributed by atoms with Gasteiger partial charge in [0.1, 0.15) is 5.82 Å². The molecule has 1 fully saturated rings. The summed E-state index contributed by atoms with van der Waals surface area (Å²) in [6.07, 6.45) is 7.73. The monoisotopic (exact) mass is 325 g/mol. The molecule has 3 aromatic rings. The molecule has 1 N–H and O–H groups in total. The van der Waals surface area contributed by atoms with Gasteiger partial charge in [-0.15, -0.1) is 0 Å². The molecule has 5 nitrogen and oxygen atoms in total. The zero-order valence-corrected chi connectivity index (χ0v) is 13.4. The Balaban J connectivity index is 1.55. The Kier molecular flexibility index (Phi) is 4.13. The van der Waals surface area contributed by atoms with Crippen LogP contribution in [0.3, 0.4) is 0 Å². The van der Waals surface area contributed by atoms with Crippen molar-refractivity contribution in [1.82, 2.24) is 24.9 Å². The van der Waals surface area contributed by atoms with Gasteiger partial charge in [-0.1, -0.05) is 0 Å². The minimum absolute atomic E-state index is 0.206. The predicted octanol–water partition coefficient (Wildman–Crippen LogP) is 3.11. The second-order valence-electron chi connectivity index (χ2n) is 6.31. The molecule has 1 saturated heterocycles. The Morgan fingerprint density at radius 3 is 3.00 bits per heavy atom. The molecule has 0 amide bonds. The number of hydrogen-bond acceptors (Lipinski definition) is 3. The van der Waals surface area contributed by atoms with Crippen molar-refractivity contribution < 1.29 is 4.39 Å². The van der Waals surface area contributed by atoms with Crippen molar-refractivity contribution in [2.24, 2.45) is 0 Å². The number of aromatic nitrogens is 4. The number of aromatic amines is 1. The highest BCUT2D eigenvalue weighted by molar-refractivity contribution is 5.40. The van der Waals surface area contributed by atoms with Gasteiger partial charge in [-0.3, -0.25) is 10.00 Å². The van der Waals surface area contributed by atoms with Crippen molar-refractivity contribution in [3.63, 3.8) is 0 Å².